The zero-order valence-corrected chi connectivity index (χ0v) is 14.2. The van der Waals surface area contributed by atoms with Gasteiger partial charge in [-0.25, -0.2) is 4.68 Å². The molecule has 2 aliphatic rings. The van der Waals surface area contributed by atoms with Crippen molar-refractivity contribution in [1.82, 2.24) is 9.78 Å². The molecule has 1 heterocycles. The quantitative estimate of drug-likeness (QED) is 0.878. The van der Waals surface area contributed by atoms with Gasteiger partial charge >= 0.3 is 0 Å². The summed E-state index contributed by atoms with van der Waals surface area (Å²) in [7, 11) is 0. The molecule has 5 heteroatoms. The van der Waals surface area contributed by atoms with Crippen molar-refractivity contribution in [1.29, 1.82) is 0 Å². The third kappa shape index (κ3) is 3.87. The minimum absolute atomic E-state index is 0.0103. The van der Waals surface area contributed by atoms with Gasteiger partial charge in [-0.15, -0.1) is 0 Å². The molecule has 1 aromatic heterocycles. The van der Waals surface area contributed by atoms with Crippen LogP contribution in [-0.2, 0) is 6.54 Å². The van der Waals surface area contributed by atoms with Crippen LogP contribution in [0.5, 0.6) is 0 Å². The molecule has 3 rings (SSSR count). The lowest BCUT2D eigenvalue weighted by Gasteiger charge is -2.27. The first-order chi connectivity index (χ1) is 10.1. The van der Waals surface area contributed by atoms with Gasteiger partial charge in [0.25, 0.3) is 5.56 Å². The molecular weight excluding hydrogens is 330 g/mol. The van der Waals surface area contributed by atoms with Crippen LogP contribution in [0.15, 0.2) is 15.5 Å². The van der Waals surface area contributed by atoms with Crippen LogP contribution in [0.4, 0.5) is 5.69 Å². The summed E-state index contributed by atoms with van der Waals surface area (Å²) in [5.41, 5.74) is 0.828. The van der Waals surface area contributed by atoms with Crippen LogP contribution >= 0.6 is 15.9 Å². The highest BCUT2D eigenvalue weighted by Gasteiger charge is 2.23. The van der Waals surface area contributed by atoms with Crippen molar-refractivity contribution < 1.29 is 0 Å². The fourth-order valence-corrected chi connectivity index (χ4v) is 3.71. The molecule has 0 amide bonds. The van der Waals surface area contributed by atoms with Gasteiger partial charge in [0.15, 0.2) is 0 Å². The van der Waals surface area contributed by atoms with Crippen LogP contribution in [0.1, 0.15) is 45.4 Å². The lowest BCUT2D eigenvalue weighted by atomic mass is 9.82. The summed E-state index contributed by atoms with van der Waals surface area (Å²) in [5.74, 6) is 2.21. The van der Waals surface area contributed by atoms with Crippen LogP contribution in [0, 0.1) is 17.8 Å². The molecule has 0 bridgehead atoms. The van der Waals surface area contributed by atoms with Crippen molar-refractivity contribution in [3.05, 3.63) is 21.0 Å². The number of rotatable bonds is 5. The van der Waals surface area contributed by atoms with E-state index in [4.69, 9.17) is 0 Å². The zero-order chi connectivity index (χ0) is 14.8. The van der Waals surface area contributed by atoms with Crippen LogP contribution in [0.25, 0.3) is 0 Å². The van der Waals surface area contributed by atoms with Gasteiger partial charge in [-0.05, 0) is 59.4 Å². The van der Waals surface area contributed by atoms with Crippen molar-refractivity contribution in [2.75, 3.05) is 11.9 Å². The number of hydrogen-bond donors (Lipinski definition) is 1. The number of halogens is 1. The van der Waals surface area contributed by atoms with E-state index in [9.17, 15) is 4.79 Å². The van der Waals surface area contributed by atoms with E-state index >= 15 is 0 Å². The molecule has 2 saturated carbocycles. The van der Waals surface area contributed by atoms with Crippen molar-refractivity contribution in [2.45, 2.75) is 52.0 Å². The average molecular weight is 354 g/mol. The molecule has 2 atom stereocenters. The van der Waals surface area contributed by atoms with E-state index in [2.05, 4.69) is 33.3 Å². The molecule has 2 unspecified atom stereocenters. The maximum Gasteiger partial charge on any atom is 0.283 e. The molecule has 0 spiro atoms. The third-order valence-corrected chi connectivity index (χ3v) is 5.51. The van der Waals surface area contributed by atoms with Gasteiger partial charge in [-0.2, -0.15) is 5.10 Å². The standard InChI is InChI=1S/C16H24BrN3O/c1-11-3-2-4-13(7-11)8-18-14-9-19-20(10-12-5-6-12)16(21)15(14)17/h9,11-13,18H,2-8,10H2,1H3. The summed E-state index contributed by atoms with van der Waals surface area (Å²) in [6.45, 7) is 4.04. The fourth-order valence-electron chi connectivity index (χ4n) is 3.26. The highest BCUT2D eigenvalue weighted by molar-refractivity contribution is 9.10. The number of nitrogens with zero attached hydrogens (tertiary/aromatic N) is 2. The normalized spacial score (nSPS) is 25.8. The van der Waals surface area contributed by atoms with Crippen molar-refractivity contribution in [3.8, 4) is 0 Å². The van der Waals surface area contributed by atoms with Gasteiger partial charge in [0.2, 0.25) is 0 Å². The second kappa shape index (κ2) is 6.51. The average Bonchev–Trinajstić information content (AvgIpc) is 3.27. The Balaban J connectivity index is 1.62. The summed E-state index contributed by atoms with van der Waals surface area (Å²) < 4.78 is 2.22. The minimum Gasteiger partial charge on any atom is -0.382 e. The number of anilines is 1. The van der Waals surface area contributed by atoms with Gasteiger partial charge in [0.1, 0.15) is 4.47 Å². The predicted octanol–water partition coefficient (Wildman–Crippen LogP) is 3.65. The number of nitrogens with one attached hydrogen (secondary N) is 1. The second-order valence-electron chi connectivity index (χ2n) is 6.82. The number of hydrogen-bond acceptors (Lipinski definition) is 3. The molecule has 0 saturated heterocycles. The maximum absolute atomic E-state index is 12.3. The summed E-state index contributed by atoms with van der Waals surface area (Å²) in [6, 6.07) is 0. The fraction of sp³-hybridized carbons (Fsp3) is 0.750. The first-order valence-electron chi connectivity index (χ1n) is 8.13. The van der Waals surface area contributed by atoms with Crippen molar-refractivity contribution >= 4 is 21.6 Å². The van der Waals surface area contributed by atoms with Crippen LogP contribution in [0.3, 0.4) is 0 Å². The van der Waals surface area contributed by atoms with Crippen LogP contribution in [0.2, 0.25) is 0 Å². The van der Waals surface area contributed by atoms with E-state index in [1.807, 2.05) is 0 Å². The Hall–Kier alpha value is -0.840. The third-order valence-electron chi connectivity index (χ3n) is 4.74. The van der Waals surface area contributed by atoms with Crippen molar-refractivity contribution in [3.63, 3.8) is 0 Å². The molecule has 1 aromatic rings. The topological polar surface area (TPSA) is 46.9 Å². The summed E-state index contributed by atoms with van der Waals surface area (Å²) >= 11 is 3.44. The van der Waals surface area contributed by atoms with Gasteiger partial charge < -0.3 is 5.32 Å². The first kappa shape index (κ1) is 15.1. The van der Waals surface area contributed by atoms with Crippen LogP contribution in [-0.4, -0.2) is 16.3 Å². The lowest BCUT2D eigenvalue weighted by Crippen LogP contribution is -2.27. The van der Waals surface area contributed by atoms with E-state index in [0.717, 1.165) is 30.6 Å². The summed E-state index contributed by atoms with van der Waals surface area (Å²) in [4.78, 5) is 12.3. The molecule has 4 nitrogen and oxygen atoms in total. The second-order valence-corrected chi connectivity index (χ2v) is 7.61. The maximum atomic E-state index is 12.3. The van der Waals surface area contributed by atoms with E-state index in [1.165, 1.54) is 38.5 Å². The molecule has 0 aliphatic heterocycles. The Bertz CT molecular complexity index is 553. The summed E-state index contributed by atoms with van der Waals surface area (Å²) in [6.07, 6.45) is 9.52. The SMILES string of the molecule is CC1CCCC(CNc2cnn(CC3CC3)c(=O)c2Br)C1. The molecule has 0 aromatic carbocycles. The van der Waals surface area contributed by atoms with E-state index in [0.29, 0.717) is 10.4 Å². The summed E-state index contributed by atoms with van der Waals surface area (Å²) in [5, 5.41) is 7.73. The highest BCUT2D eigenvalue weighted by atomic mass is 79.9. The first-order valence-corrected chi connectivity index (χ1v) is 8.92. The zero-order valence-electron chi connectivity index (χ0n) is 12.6. The monoisotopic (exact) mass is 353 g/mol. The highest BCUT2D eigenvalue weighted by Crippen LogP contribution is 2.31. The molecule has 0 radical (unpaired) electrons. The molecule has 116 valence electrons. The Morgan fingerprint density at radius 2 is 2.14 bits per heavy atom. The van der Waals surface area contributed by atoms with Gasteiger partial charge in [0.05, 0.1) is 11.9 Å². The van der Waals surface area contributed by atoms with E-state index in [1.54, 1.807) is 10.9 Å². The predicted molar refractivity (Wildman–Crippen MR) is 88.5 cm³/mol. The molecule has 2 aliphatic carbocycles. The molecular formula is C16H24BrN3O. The molecule has 21 heavy (non-hydrogen) atoms. The van der Waals surface area contributed by atoms with Gasteiger partial charge in [-0.3, -0.25) is 4.79 Å². The van der Waals surface area contributed by atoms with Gasteiger partial charge in [0, 0.05) is 13.1 Å². The largest absolute Gasteiger partial charge is 0.382 e. The Labute approximate surface area is 134 Å². The Morgan fingerprint density at radius 1 is 1.33 bits per heavy atom. The van der Waals surface area contributed by atoms with Gasteiger partial charge in [-0.1, -0.05) is 19.8 Å². The number of aromatic nitrogens is 2. The smallest absolute Gasteiger partial charge is 0.283 e. The van der Waals surface area contributed by atoms with E-state index in [-0.39, 0.29) is 5.56 Å². The van der Waals surface area contributed by atoms with Crippen molar-refractivity contribution in [2.24, 2.45) is 17.8 Å². The van der Waals surface area contributed by atoms with Crippen LogP contribution < -0.4 is 10.9 Å². The minimum atomic E-state index is -0.0103. The molecule has 1 N–H and O–H groups in total. The lowest BCUT2D eigenvalue weighted by molar-refractivity contribution is 0.293. The molecule has 2 fully saturated rings. The Morgan fingerprint density at radius 3 is 2.86 bits per heavy atom. The van der Waals surface area contributed by atoms with E-state index < -0.39 is 0 Å². The Kier molecular flexibility index (Phi) is 4.67.